The summed E-state index contributed by atoms with van der Waals surface area (Å²) in [5, 5.41) is 9.80. The molecule has 1 nitrogen and oxygen atoms in total. The van der Waals surface area contributed by atoms with Gasteiger partial charge in [-0.15, -0.1) is 6.61 Å². The van der Waals surface area contributed by atoms with Crippen LogP contribution in [0.3, 0.4) is 0 Å². The molecule has 0 radical (unpaired) electrons. The first-order valence-corrected chi connectivity index (χ1v) is 4.70. The van der Waals surface area contributed by atoms with Gasteiger partial charge in [-0.3, -0.25) is 0 Å². The normalized spacial score (nSPS) is 8.00. The average molecular weight is 183 g/mol. The summed E-state index contributed by atoms with van der Waals surface area (Å²) in [6, 6.07) is 0. The molecule has 0 spiro atoms. The molecule has 0 aliphatic carbocycles. The largest absolute Gasteiger partial charge is 2.00 e. The Morgan fingerprint density at radius 2 is 1.50 bits per heavy atom. The molecule has 0 atom stereocenters. The first-order chi connectivity index (χ1) is 5.33. The average Bonchev–Trinajstić information content (AvgIpc) is 2.06. The molecule has 0 amide bonds. The van der Waals surface area contributed by atoms with E-state index in [2.05, 4.69) is 20.8 Å². The van der Waals surface area contributed by atoms with Gasteiger partial charge in [0.15, 0.2) is 0 Å². The number of unbranched alkanes of at least 4 members (excludes halogenated alkanes) is 4. The summed E-state index contributed by atoms with van der Waals surface area (Å²) in [4.78, 5) is 0. The molecule has 0 aliphatic rings. The van der Waals surface area contributed by atoms with Crippen molar-refractivity contribution in [3.63, 3.8) is 0 Å². The predicted molar refractivity (Wildman–Crippen MR) is 55.0 cm³/mol. The van der Waals surface area contributed by atoms with Crippen molar-refractivity contribution in [2.45, 2.75) is 52.4 Å². The Bertz CT molecular complexity index is 43.1. The third-order valence-electron chi connectivity index (χ3n) is 1.35. The van der Waals surface area contributed by atoms with E-state index in [1.54, 1.807) is 0 Å². The van der Waals surface area contributed by atoms with Gasteiger partial charge in [0.1, 0.15) is 0 Å². The van der Waals surface area contributed by atoms with Crippen molar-refractivity contribution in [3.8, 4) is 0 Å². The third kappa shape index (κ3) is 30.9. The Labute approximate surface area is 94.1 Å². The van der Waals surface area contributed by atoms with Gasteiger partial charge in [-0.05, 0) is 0 Å². The fourth-order valence-corrected chi connectivity index (χ4v) is 0.529. The summed E-state index contributed by atoms with van der Waals surface area (Å²) in [5.74, 6) is 0. The monoisotopic (exact) mass is 182 g/mol. The predicted octanol–water partition coefficient (Wildman–Crippen LogP) is 2.17. The van der Waals surface area contributed by atoms with Gasteiger partial charge in [0, 0.05) is 0 Å². The molecule has 0 aliphatic heterocycles. The maximum absolute atomic E-state index is 9.80. The van der Waals surface area contributed by atoms with Crippen LogP contribution in [-0.4, -0.2) is 29.7 Å². The fourth-order valence-electron chi connectivity index (χ4n) is 0.529. The van der Waals surface area contributed by atoms with Crippen LogP contribution in [0.5, 0.6) is 0 Å². The van der Waals surface area contributed by atoms with Crippen molar-refractivity contribution in [2.24, 2.45) is 0 Å². The van der Waals surface area contributed by atoms with E-state index in [1.807, 2.05) is 0 Å². The van der Waals surface area contributed by atoms with Crippen LogP contribution in [0, 0.1) is 6.92 Å². The topological polar surface area (TPSA) is 23.1 Å². The number of rotatable bonds is 5. The van der Waals surface area contributed by atoms with Gasteiger partial charge >= 0.3 is 23.1 Å². The second-order valence-corrected chi connectivity index (χ2v) is 2.62. The molecule has 0 bridgehead atoms. The van der Waals surface area contributed by atoms with Crippen LogP contribution in [0.2, 0.25) is 0 Å². The molecule has 0 saturated carbocycles. The van der Waals surface area contributed by atoms with E-state index in [-0.39, 0.29) is 29.7 Å². The molecule has 0 N–H and O–H groups in total. The number of hydrogen-bond donors (Lipinski definition) is 0. The van der Waals surface area contributed by atoms with Gasteiger partial charge in [-0.2, -0.15) is 6.42 Å². The molecule has 0 fully saturated rings. The summed E-state index contributed by atoms with van der Waals surface area (Å²) in [5.41, 5.74) is 0. The van der Waals surface area contributed by atoms with Gasteiger partial charge in [0.2, 0.25) is 0 Å². The Morgan fingerprint density at radius 1 is 1.00 bits per heavy atom. The van der Waals surface area contributed by atoms with Gasteiger partial charge in [0.25, 0.3) is 0 Å². The zero-order valence-electron chi connectivity index (χ0n) is 8.77. The van der Waals surface area contributed by atoms with E-state index in [9.17, 15) is 5.11 Å². The Balaban J connectivity index is -0.000000142. The molecule has 70 valence electrons. The molecule has 12 heavy (non-hydrogen) atoms. The number of hydrogen-bond acceptors (Lipinski definition) is 1. The van der Waals surface area contributed by atoms with E-state index in [0.29, 0.717) is 0 Å². The maximum Gasteiger partial charge on any atom is 2.00 e. The molecule has 0 rings (SSSR count). The summed E-state index contributed by atoms with van der Waals surface area (Å²) < 4.78 is 0. The van der Waals surface area contributed by atoms with Gasteiger partial charge < -0.3 is 12.0 Å². The SMILES string of the molecule is CCCCCC[O-].[CH2-]CCC.[Mg+2]. The first kappa shape index (κ1) is 18.5. The first-order valence-electron chi connectivity index (χ1n) is 4.70. The van der Waals surface area contributed by atoms with Gasteiger partial charge in [-0.25, -0.2) is 0 Å². The second kappa shape index (κ2) is 22.6. The molecule has 0 aromatic carbocycles. The van der Waals surface area contributed by atoms with Crippen LogP contribution in [0.4, 0.5) is 0 Å². The van der Waals surface area contributed by atoms with Crippen LogP contribution < -0.4 is 5.11 Å². The van der Waals surface area contributed by atoms with Crippen LogP contribution in [0.25, 0.3) is 0 Å². The minimum absolute atomic E-state index is 0. The van der Waals surface area contributed by atoms with E-state index in [4.69, 9.17) is 0 Å². The van der Waals surface area contributed by atoms with Gasteiger partial charge in [-0.1, -0.05) is 46.0 Å². The maximum atomic E-state index is 9.80. The van der Waals surface area contributed by atoms with Crippen molar-refractivity contribution in [1.82, 2.24) is 0 Å². The Hall–Kier alpha value is 0.726. The van der Waals surface area contributed by atoms with Crippen LogP contribution in [0.15, 0.2) is 0 Å². The molecule has 0 saturated heterocycles. The van der Waals surface area contributed by atoms with Crippen LogP contribution in [-0.2, 0) is 0 Å². The minimum Gasteiger partial charge on any atom is -0.854 e. The van der Waals surface area contributed by atoms with Crippen LogP contribution >= 0.6 is 0 Å². The van der Waals surface area contributed by atoms with Crippen molar-refractivity contribution in [2.75, 3.05) is 6.61 Å². The summed E-state index contributed by atoms with van der Waals surface area (Å²) in [6.45, 7) is 7.98. The molecule has 2 heteroatoms. The van der Waals surface area contributed by atoms with E-state index in [1.165, 1.54) is 19.3 Å². The summed E-state index contributed by atoms with van der Waals surface area (Å²) in [7, 11) is 0. The second-order valence-electron chi connectivity index (χ2n) is 2.62. The minimum atomic E-state index is 0. The molecule has 0 heterocycles. The molecule has 0 aromatic heterocycles. The van der Waals surface area contributed by atoms with Gasteiger partial charge in [0.05, 0.1) is 0 Å². The van der Waals surface area contributed by atoms with E-state index >= 15 is 0 Å². The standard InChI is InChI=1S/C6H13O.C4H9.Mg/c1-2-3-4-5-6-7;1-3-4-2;/h2-6H2,1H3;1,3-4H2,2H3;/q2*-1;+2. The zero-order chi connectivity index (χ0) is 8.95. The van der Waals surface area contributed by atoms with Crippen molar-refractivity contribution < 1.29 is 5.11 Å². The van der Waals surface area contributed by atoms with E-state index in [0.717, 1.165) is 19.3 Å². The van der Waals surface area contributed by atoms with E-state index < -0.39 is 0 Å². The molecule has 0 aromatic rings. The molecular weight excluding hydrogens is 160 g/mol. The quantitative estimate of drug-likeness (QED) is 0.363. The zero-order valence-corrected chi connectivity index (χ0v) is 10.2. The third-order valence-corrected chi connectivity index (χ3v) is 1.35. The van der Waals surface area contributed by atoms with Crippen molar-refractivity contribution >= 4 is 23.1 Å². The fraction of sp³-hybridized carbons (Fsp3) is 0.900. The summed E-state index contributed by atoms with van der Waals surface area (Å²) in [6.07, 6.45) is 6.72. The molecule has 0 unspecified atom stereocenters. The smallest absolute Gasteiger partial charge is 0.854 e. The molecular formula is C10H22MgO. The Morgan fingerprint density at radius 3 is 1.75 bits per heavy atom. The summed E-state index contributed by atoms with van der Waals surface area (Å²) >= 11 is 0. The Kier molecular flexibility index (Phi) is 34.8. The van der Waals surface area contributed by atoms with Crippen molar-refractivity contribution in [3.05, 3.63) is 6.92 Å². The van der Waals surface area contributed by atoms with Crippen LogP contribution in [0.1, 0.15) is 52.4 Å². The van der Waals surface area contributed by atoms with Crippen molar-refractivity contribution in [1.29, 1.82) is 0 Å².